The van der Waals surface area contributed by atoms with E-state index in [1.807, 2.05) is 45.0 Å². The van der Waals surface area contributed by atoms with Crippen LogP contribution in [0.4, 0.5) is 0 Å². The second kappa shape index (κ2) is 5.79. The maximum atomic E-state index is 10.6. The molecule has 0 saturated carbocycles. The van der Waals surface area contributed by atoms with Crippen LogP contribution in [0.5, 0.6) is 0 Å². The van der Waals surface area contributed by atoms with Gasteiger partial charge in [-0.15, -0.1) is 5.10 Å². The molecule has 0 bridgehead atoms. The van der Waals surface area contributed by atoms with Gasteiger partial charge < -0.3 is 5.11 Å². The fraction of sp³-hybridized carbons (Fsp3) is 0.250. The molecule has 0 fully saturated rings. The molecule has 0 aliphatic rings. The normalized spacial score (nSPS) is 9.35. The average Bonchev–Trinajstić information content (AvgIpc) is 2.82. The monoisotopic (exact) mass is 233 g/mol. The van der Waals surface area contributed by atoms with E-state index in [1.165, 1.54) is 11.0 Å². The lowest BCUT2D eigenvalue weighted by Crippen LogP contribution is -2.01. The van der Waals surface area contributed by atoms with E-state index < -0.39 is 5.97 Å². The van der Waals surface area contributed by atoms with E-state index in [4.69, 9.17) is 5.11 Å². The third-order valence-corrected chi connectivity index (χ3v) is 1.98. The Hall–Kier alpha value is -2.17. The number of carbonyl (C=O) groups is 1. The van der Waals surface area contributed by atoms with E-state index in [-0.39, 0.29) is 5.82 Å². The topological polar surface area (TPSA) is 68.0 Å². The Morgan fingerprint density at radius 1 is 1.24 bits per heavy atom. The summed E-state index contributed by atoms with van der Waals surface area (Å²) < 4.78 is 1.43. The van der Waals surface area contributed by atoms with Gasteiger partial charge in [0.15, 0.2) is 0 Å². The molecule has 1 N–H and O–H groups in total. The standard InChI is InChI=1S/C10H9N3O2.C2H6/c1-7-2-4-8(5-3-7)13-6-11-9(12-13)10(14)15;1-2/h2-6H,1H3,(H,14,15);1-2H3. The third kappa shape index (κ3) is 3.14. The summed E-state index contributed by atoms with van der Waals surface area (Å²) in [7, 11) is 0. The van der Waals surface area contributed by atoms with Gasteiger partial charge in [0, 0.05) is 0 Å². The molecule has 0 amide bonds. The summed E-state index contributed by atoms with van der Waals surface area (Å²) in [4.78, 5) is 14.2. The van der Waals surface area contributed by atoms with Crippen molar-refractivity contribution in [3.8, 4) is 5.69 Å². The summed E-state index contributed by atoms with van der Waals surface area (Å²) in [5, 5.41) is 12.5. The van der Waals surface area contributed by atoms with Crippen LogP contribution in [0, 0.1) is 6.92 Å². The van der Waals surface area contributed by atoms with Crippen LogP contribution in [-0.4, -0.2) is 25.8 Å². The highest BCUT2D eigenvalue weighted by molar-refractivity contribution is 5.82. The number of hydrogen-bond acceptors (Lipinski definition) is 3. The van der Waals surface area contributed by atoms with Crippen LogP contribution in [0.25, 0.3) is 5.69 Å². The van der Waals surface area contributed by atoms with Crippen molar-refractivity contribution in [1.29, 1.82) is 0 Å². The zero-order valence-electron chi connectivity index (χ0n) is 10.1. The molecular weight excluding hydrogens is 218 g/mol. The van der Waals surface area contributed by atoms with Crippen LogP contribution in [0.15, 0.2) is 30.6 Å². The molecule has 2 aromatic rings. The number of aryl methyl sites for hydroxylation is 1. The van der Waals surface area contributed by atoms with Crippen LogP contribution in [0.1, 0.15) is 30.0 Å². The fourth-order valence-corrected chi connectivity index (χ4v) is 1.18. The predicted octanol–water partition coefficient (Wildman–Crippen LogP) is 2.30. The van der Waals surface area contributed by atoms with Gasteiger partial charge in [0.1, 0.15) is 6.33 Å². The Labute approximate surface area is 99.7 Å². The molecule has 1 heterocycles. The maximum absolute atomic E-state index is 10.6. The predicted molar refractivity (Wildman–Crippen MR) is 64.4 cm³/mol. The van der Waals surface area contributed by atoms with E-state index in [0.717, 1.165) is 11.3 Å². The Morgan fingerprint density at radius 2 is 1.82 bits per heavy atom. The molecule has 5 nitrogen and oxygen atoms in total. The van der Waals surface area contributed by atoms with Gasteiger partial charge in [0.25, 0.3) is 5.82 Å². The molecule has 0 saturated heterocycles. The number of carboxylic acids is 1. The van der Waals surface area contributed by atoms with Crippen molar-refractivity contribution in [2.24, 2.45) is 0 Å². The molecule has 17 heavy (non-hydrogen) atoms. The highest BCUT2D eigenvalue weighted by Crippen LogP contribution is 2.07. The first-order valence-electron chi connectivity index (χ1n) is 5.39. The largest absolute Gasteiger partial charge is 0.475 e. The van der Waals surface area contributed by atoms with Gasteiger partial charge in [-0.05, 0) is 19.1 Å². The van der Waals surface area contributed by atoms with Crippen molar-refractivity contribution >= 4 is 5.97 Å². The Kier molecular flexibility index (Phi) is 4.39. The molecular formula is C12H15N3O2. The number of carboxylic acid groups (broad SMARTS) is 1. The van der Waals surface area contributed by atoms with Gasteiger partial charge in [0.2, 0.25) is 0 Å². The smallest absolute Gasteiger partial charge is 0.375 e. The van der Waals surface area contributed by atoms with Crippen LogP contribution in [-0.2, 0) is 0 Å². The van der Waals surface area contributed by atoms with Crippen molar-refractivity contribution in [2.75, 3.05) is 0 Å². The number of aromatic nitrogens is 3. The van der Waals surface area contributed by atoms with Crippen molar-refractivity contribution in [1.82, 2.24) is 14.8 Å². The number of benzene rings is 1. The van der Waals surface area contributed by atoms with Crippen LogP contribution in [0.2, 0.25) is 0 Å². The summed E-state index contributed by atoms with van der Waals surface area (Å²) in [6, 6.07) is 7.57. The Balaban J connectivity index is 0.000000686. The number of aromatic carboxylic acids is 1. The molecule has 1 aromatic carbocycles. The van der Waals surface area contributed by atoms with Gasteiger partial charge in [-0.2, -0.15) is 0 Å². The minimum Gasteiger partial charge on any atom is -0.475 e. The zero-order chi connectivity index (χ0) is 12.8. The molecule has 0 spiro atoms. The molecule has 0 aliphatic heterocycles. The number of nitrogens with zero attached hydrogens (tertiary/aromatic N) is 3. The van der Waals surface area contributed by atoms with Gasteiger partial charge in [-0.25, -0.2) is 14.5 Å². The second-order valence-corrected chi connectivity index (χ2v) is 3.15. The molecule has 0 unspecified atom stereocenters. The highest BCUT2D eigenvalue weighted by Gasteiger charge is 2.09. The van der Waals surface area contributed by atoms with Crippen LogP contribution < -0.4 is 0 Å². The Bertz CT molecular complexity index is 489. The molecule has 0 aliphatic carbocycles. The lowest BCUT2D eigenvalue weighted by Gasteiger charge is -1.99. The summed E-state index contributed by atoms with van der Waals surface area (Å²) >= 11 is 0. The third-order valence-electron chi connectivity index (χ3n) is 1.98. The lowest BCUT2D eigenvalue weighted by atomic mass is 10.2. The first-order chi connectivity index (χ1) is 8.16. The summed E-state index contributed by atoms with van der Waals surface area (Å²) in [6.45, 7) is 5.98. The SMILES string of the molecule is CC.Cc1ccc(-n2cnc(C(=O)O)n2)cc1. The lowest BCUT2D eigenvalue weighted by molar-refractivity contribution is 0.0683. The molecule has 5 heteroatoms. The highest BCUT2D eigenvalue weighted by atomic mass is 16.4. The van der Waals surface area contributed by atoms with E-state index in [0.29, 0.717) is 0 Å². The van der Waals surface area contributed by atoms with E-state index >= 15 is 0 Å². The van der Waals surface area contributed by atoms with Gasteiger partial charge in [-0.3, -0.25) is 0 Å². The van der Waals surface area contributed by atoms with Gasteiger partial charge >= 0.3 is 5.97 Å². The molecule has 2 rings (SSSR count). The van der Waals surface area contributed by atoms with Gasteiger partial charge in [0.05, 0.1) is 5.69 Å². The summed E-state index contributed by atoms with van der Waals surface area (Å²) in [5.74, 6) is -1.32. The molecule has 0 atom stereocenters. The second-order valence-electron chi connectivity index (χ2n) is 3.15. The minimum atomic E-state index is -1.12. The first kappa shape index (κ1) is 12.9. The van der Waals surface area contributed by atoms with E-state index in [2.05, 4.69) is 10.1 Å². The van der Waals surface area contributed by atoms with E-state index in [9.17, 15) is 4.79 Å². The van der Waals surface area contributed by atoms with Crippen LogP contribution >= 0.6 is 0 Å². The van der Waals surface area contributed by atoms with Crippen molar-refractivity contribution in [3.05, 3.63) is 42.0 Å². The quantitative estimate of drug-likeness (QED) is 0.864. The van der Waals surface area contributed by atoms with Gasteiger partial charge in [-0.1, -0.05) is 31.5 Å². The van der Waals surface area contributed by atoms with Crippen LogP contribution in [0.3, 0.4) is 0 Å². The first-order valence-corrected chi connectivity index (χ1v) is 5.39. The summed E-state index contributed by atoms with van der Waals surface area (Å²) in [5.41, 5.74) is 1.93. The Morgan fingerprint density at radius 3 is 2.29 bits per heavy atom. The average molecular weight is 233 g/mol. The maximum Gasteiger partial charge on any atom is 0.375 e. The molecule has 1 aromatic heterocycles. The van der Waals surface area contributed by atoms with Crippen molar-refractivity contribution in [3.63, 3.8) is 0 Å². The number of rotatable bonds is 2. The minimum absolute atomic E-state index is 0.199. The summed E-state index contributed by atoms with van der Waals surface area (Å²) in [6.07, 6.45) is 1.38. The van der Waals surface area contributed by atoms with Crippen molar-refractivity contribution < 1.29 is 9.90 Å². The molecule has 90 valence electrons. The molecule has 0 radical (unpaired) electrons. The van der Waals surface area contributed by atoms with E-state index in [1.54, 1.807) is 0 Å². The zero-order valence-corrected chi connectivity index (χ0v) is 10.1. The fourth-order valence-electron chi connectivity index (χ4n) is 1.18. The van der Waals surface area contributed by atoms with Crippen molar-refractivity contribution in [2.45, 2.75) is 20.8 Å². The number of hydrogen-bond donors (Lipinski definition) is 1.